The van der Waals surface area contributed by atoms with Crippen LogP contribution >= 0.6 is 34.5 Å². The van der Waals surface area contributed by atoms with Gasteiger partial charge in [-0.3, -0.25) is 9.69 Å². The first-order valence-corrected chi connectivity index (χ1v) is 13.5. The van der Waals surface area contributed by atoms with E-state index in [0.717, 1.165) is 4.70 Å². The number of hydrogen-bond acceptors (Lipinski definition) is 6. The van der Waals surface area contributed by atoms with Crippen LogP contribution in [-0.2, 0) is 21.4 Å². The topological polar surface area (TPSA) is 83.7 Å². The van der Waals surface area contributed by atoms with Crippen molar-refractivity contribution < 1.29 is 17.6 Å². The number of carbonyl (C=O) groups excluding carboxylic acids is 1. The fourth-order valence-corrected chi connectivity index (χ4v) is 7.06. The Morgan fingerprint density at radius 1 is 1.15 bits per heavy atom. The molecule has 11 heteroatoms. The predicted molar refractivity (Wildman–Crippen MR) is 133 cm³/mol. The second-order valence-corrected chi connectivity index (χ2v) is 11.6. The van der Waals surface area contributed by atoms with E-state index in [0.29, 0.717) is 39.3 Å². The zero-order chi connectivity index (χ0) is 23.9. The van der Waals surface area contributed by atoms with Crippen molar-refractivity contribution in [3.05, 3.63) is 76.7 Å². The number of aromatic nitrogens is 1. The molecular weight excluding hydrogens is 517 g/mol. The van der Waals surface area contributed by atoms with Crippen molar-refractivity contribution >= 4 is 65.8 Å². The summed E-state index contributed by atoms with van der Waals surface area (Å²) < 4.78 is 34.4. The molecule has 1 unspecified atom stereocenters. The Balaban J connectivity index is 1.52. The molecule has 2 aromatic carbocycles. The highest BCUT2D eigenvalue weighted by atomic mass is 35.5. The molecule has 1 aliphatic heterocycles. The standard InChI is InChI=1S/C23H19Cl2N3O4S2/c24-15-8-10-17(11-9-15)34(30,31)28-12-2-6-19(28)22(29)27(14-16-4-3-13-32-16)23-26-21-18(25)5-1-7-20(21)33-23/h1,3-5,7-11,13,19H,2,6,12,14H2. The summed E-state index contributed by atoms with van der Waals surface area (Å²) >= 11 is 13.6. The summed E-state index contributed by atoms with van der Waals surface area (Å²) in [5.74, 6) is 0.199. The molecule has 0 aliphatic carbocycles. The van der Waals surface area contributed by atoms with E-state index >= 15 is 0 Å². The van der Waals surface area contributed by atoms with E-state index in [4.69, 9.17) is 27.6 Å². The Kier molecular flexibility index (Phi) is 6.39. The molecule has 176 valence electrons. The summed E-state index contributed by atoms with van der Waals surface area (Å²) in [6.45, 7) is 0.371. The van der Waals surface area contributed by atoms with Crippen molar-refractivity contribution in [3.63, 3.8) is 0 Å². The van der Waals surface area contributed by atoms with Crippen LogP contribution in [-0.4, -0.2) is 36.2 Å². The van der Waals surface area contributed by atoms with Crippen LogP contribution in [0.1, 0.15) is 18.6 Å². The zero-order valence-electron chi connectivity index (χ0n) is 17.7. The normalized spacial score (nSPS) is 16.8. The quantitative estimate of drug-likeness (QED) is 0.321. The number of nitrogens with zero attached hydrogens (tertiary/aromatic N) is 3. The Morgan fingerprint density at radius 3 is 2.65 bits per heavy atom. The van der Waals surface area contributed by atoms with Crippen molar-refractivity contribution in [2.45, 2.75) is 30.3 Å². The highest BCUT2D eigenvalue weighted by Gasteiger charge is 2.42. The summed E-state index contributed by atoms with van der Waals surface area (Å²) in [6.07, 6.45) is 2.51. The molecule has 4 aromatic rings. The molecule has 0 saturated carbocycles. The molecule has 0 bridgehead atoms. The van der Waals surface area contributed by atoms with Crippen LogP contribution in [0.4, 0.5) is 5.13 Å². The minimum Gasteiger partial charge on any atom is -0.467 e. The lowest BCUT2D eigenvalue weighted by molar-refractivity contribution is -0.121. The maximum atomic E-state index is 13.9. The molecular formula is C23H19Cl2N3O4S2. The maximum absolute atomic E-state index is 13.9. The summed E-state index contributed by atoms with van der Waals surface area (Å²) in [6, 6.07) is 14.0. The second-order valence-electron chi connectivity index (χ2n) is 7.81. The van der Waals surface area contributed by atoms with Gasteiger partial charge in [0.2, 0.25) is 15.9 Å². The number of thiazole rings is 1. The van der Waals surface area contributed by atoms with E-state index in [1.54, 1.807) is 18.2 Å². The maximum Gasteiger partial charge on any atom is 0.247 e. The lowest BCUT2D eigenvalue weighted by atomic mass is 10.2. The molecule has 7 nitrogen and oxygen atoms in total. The monoisotopic (exact) mass is 535 g/mol. The van der Waals surface area contributed by atoms with Gasteiger partial charge in [-0.15, -0.1) is 0 Å². The number of anilines is 1. The van der Waals surface area contributed by atoms with Gasteiger partial charge in [-0.1, -0.05) is 40.6 Å². The van der Waals surface area contributed by atoms with Crippen molar-refractivity contribution in [1.82, 2.24) is 9.29 Å². The largest absolute Gasteiger partial charge is 0.467 e. The number of furan rings is 1. The third-order valence-electron chi connectivity index (χ3n) is 5.66. The van der Waals surface area contributed by atoms with Gasteiger partial charge in [0.25, 0.3) is 0 Å². The van der Waals surface area contributed by atoms with Crippen molar-refractivity contribution in [3.8, 4) is 0 Å². The van der Waals surface area contributed by atoms with Gasteiger partial charge in [0.1, 0.15) is 17.3 Å². The Bertz CT molecular complexity index is 1440. The molecule has 5 rings (SSSR count). The average Bonchev–Trinajstić information content (AvgIpc) is 3.58. The number of rotatable bonds is 6. The van der Waals surface area contributed by atoms with E-state index in [-0.39, 0.29) is 23.9 Å². The van der Waals surface area contributed by atoms with Gasteiger partial charge in [-0.25, -0.2) is 13.4 Å². The van der Waals surface area contributed by atoms with Crippen molar-refractivity contribution in [2.75, 3.05) is 11.4 Å². The molecule has 0 spiro atoms. The smallest absolute Gasteiger partial charge is 0.247 e. The lowest BCUT2D eigenvalue weighted by Crippen LogP contribution is -2.47. The van der Waals surface area contributed by atoms with Gasteiger partial charge >= 0.3 is 0 Å². The number of para-hydroxylation sites is 1. The van der Waals surface area contributed by atoms with E-state index in [2.05, 4.69) is 4.98 Å². The highest BCUT2D eigenvalue weighted by Crippen LogP contribution is 2.36. The lowest BCUT2D eigenvalue weighted by Gasteiger charge is -2.28. The van der Waals surface area contributed by atoms with Gasteiger partial charge in [-0.05, 0) is 61.4 Å². The SMILES string of the molecule is O=C(C1CCCN1S(=O)(=O)c1ccc(Cl)cc1)N(Cc1ccco1)c1nc2c(Cl)cccc2s1. The summed E-state index contributed by atoms with van der Waals surface area (Å²) in [5, 5.41) is 1.35. The number of hydrogen-bond donors (Lipinski definition) is 0. The van der Waals surface area contributed by atoms with Crippen molar-refractivity contribution in [1.29, 1.82) is 0 Å². The molecule has 1 fully saturated rings. The Labute approximate surface area is 210 Å². The van der Waals surface area contributed by atoms with E-state index < -0.39 is 16.1 Å². The molecule has 1 atom stereocenters. The fraction of sp³-hybridized carbons (Fsp3) is 0.217. The Hall–Kier alpha value is -2.43. The number of carbonyl (C=O) groups is 1. The van der Waals surface area contributed by atoms with E-state index in [1.807, 2.05) is 12.1 Å². The zero-order valence-corrected chi connectivity index (χ0v) is 20.9. The molecule has 2 aromatic heterocycles. The number of sulfonamides is 1. The van der Waals surface area contributed by atoms with Crippen LogP contribution in [0.2, 0.25) is 10.0 Å². The molecule has 0 N–H and O–H groups in total. The van der Waals surface area contributed by atoms with E-state index in [1.165, 1.54) is 51.1 Å². The fourth-order valence-electron chi connectivity index (χ4n) is 4.01. The minimum atomic E-state index is -3.89. The Morgan fingerprint density at radius 2 is 1.94 bits per heavy atom. The van der Waals surface area contributed by atoms with Gasteiger partial charge in [-0.2, -0.15) is 4.31 Å². The van der Waals surface area contributed by atoms with Crippen LogP contribution in [0.3, 0.4) is 0 Å². The molecule has 1 amide bonds. The number of fused-ring (bicyclic) bond motifs is 1. The molecule has 3 heterocycles. The van der Waals surface area contributed by atoms with Gasteiger partial charge in [0, 0.05) is 11.6 Å². The first-order chi connectivity index (χ1) is 16.3. The van der Waals surface area contributed by atoms with Crippen LogP contribution in [0.25, 0.3) is 10.2 Å². The van der Waals surface area contributed by atoms with Gasteiger partial charge in [0.15, 0.2) is 5.13 Å². The second kappa shape index (κ2) is 9.31. The summed E-state index contributed by atoms with van der Waals surface area (Å²) in [7, 11) is -3.89. The van der Waals surface area contributed by atoms with Crippen molar-refractivity contribution in [2.24, 2.45) is 0 Å². The minimum absolute atomic E-state index is 0.0981. The average molecular weight is 536 g/mol. The molecule has 1 saturated heterocycles. The molecule has 0 radical (unpaired) electrons. The predicted octanol–water partition coefficient (Wildman–Crippen LogP) is 5.58. The third kappa shape index (κ3) is 4.34. The van der Waals surface area contributed by atoms with Crippen LogP contribution in [0.5, 0.6) is 0 Å². The van der Waals surface area contributed by atoms with Crippen LogP contribution in [0, 0.1) is 0 Å². The first-order valence-electron chi connectivity index (χ1n) is 10.5. The number of amides is 1. The summed E-state index contributed by atoms with van der Waals surface area (Å²) in [5.41, 5.74) is 0.596. The molecule has 1 aliphatic rings. The number of halogens is 2. The van der Waals surface area contributed by atoms with Gasteiger partial charge in [0.05, 0.1) is 27.4 Å². The highest BCUT2D eigenvalue weighted by molar-refractivity contribution is 7.89. The van der Waals surface area contributed by atoms with Crippen LogP contribution < -0.4 is 4.90 Å². The van der Waals surface area contributed by atoms with Crippen LogP contribution in [0.15, 0.2) is 70.2 Å². The number of benzene rings is 2. The third-order valence-corrected chi connectivity index (χ3v) is 9.18. The molecule has 34 heavy (non-hydrogen) atoms. The first kappa shape index (κ1) is 23.3. The van der Waals surface area contributed by atoms with E-state index in [9.17, 15) is 13.2 Å². The van der Waals surface area contributed by atoms with Gasteiger partial charge < -0.3 is 4.42 Å². The summed E-state index contributed by atoms with van der Waals surface area (Å²) in [4.78, 5) is 20.1.